The van der Waals surface area contributed by atoms with Crippen LogP contribution in [0.25, 0.3) is 11.1 Å². The van der Waals surface area contributed by atoms with E-state index in [0.717, 1.165) is 36.8 Å². The molecule has 184 valence electrons. The number of benzene rings is 2. The molecular weight excluding hydrogens is 444 g/mol. The minimum absolute atomic E-state index is 0.0164. The lowest BCUT2D eigenvalue weighted by atomic mass is 9.93. The van der Waals surface area contributed by atoms with Crippen LogP contribution >= 0.6 is 0 Å². The van der Waals surface area contributed by atoms with Crippen molar-refractivity contribution in [2.45, 2.75) is 50.5 Å². The lowest BCUT2D eigenvalue weighted by Crippen LogP contribution is -2.47. The van der Waals surface area contributed by atoms with Gasteiger partial charge >= 0.3 is 12.1 Å². The van der Waals surface area contributed by atoms with Crippen LogP contribution in [-0.4, -0.2) is 53.7 Å². The molecule has 1 saturated carbocycles. The maximum Gasteiger partial charge on any atom is 0.407 e. The summed E-state index contributed by atoms with van der Waals surface area (Å²) in [7, 11) is 0. The second-order valence-electron chi connectivity index (χ2n) is 9.93. The second-order valence-corrected chi connectivity index (χ2v) is 9.93. The molecule has 0 radical (unpaired) electrons. The molecule has 2 aromatic carbocycles. The van der Waals surface area contributed by atoms with Gasteiger partial charge in [-0.05, 0) is 41.5 Å². The Hall–Kier alpha value is -3.35. The summed E-state index contributed by atoms with van der Waals surface area (Å²) in [4.78, 5) is 39.2. The summed E-state index contributed by atoms with van der Waals surface area (Å²) >= 11 is 0. The Labute approximate surface area is 205 Å². The van der Waals surface area contributed by atoms with Gasteiger partial charge in [-0.25, -0.2) is 4.79 Å². The number of alkyl carbamates (subject to hydrolysis) is 1. The topological polar surface area (TPSA) is 95.9 Å². The third-order valence-electron chi connectivity index (χ3n) is 7.83. The third kappa shape index (κ3) is 4.77. The number of likely N-dealkylation sites (tertiary alicyclic amines) is 1. The van der Waals surface area contributed by atoms with E-state index in [0.29, 0.717) is 19.4 Å². The van der Waals surface area contributed by atoms with Crippen LogP contribution in [0.2, 0.25) is 0 Å². The number of hydrogen-bond donors (Lipinski definition) is 2. The Kier molecular flexibility index (Phi) is 6.75. The minimum atomic E-state index is -0.852. The number of carbonyl (C=O) groups is 3. The summed E-state index contributed by atoms with van der Waals surface area (Å²) in [6.45, 7) is 0.948. The van der Waals surface area contributed by atoms with E-state index in [1.165, 1.54) is 11.1 Å². The predicted molar refractivity (Wildman–Crippen MR) is 131 cm³/mol. The van der Waals surface area contributed by atoms with Gasteiger partial charge in [0, 0.05) is 25.0 Å². The predicted octanol–water partition coefficient (Wildman–Crippen LogP) is 4.41. The lowest BCUT2D eigenvalue weighted by Gasteiger charge is -2.29. The fourth-order valence-electron chi connectivity index (χ4n) is 5.96. The molecule has 2 aromatic rings. The Morgan fingerprint density at radius 1 is 0.914 bits per heavy atom. The highest BCUT2D eigenvalue weighted by Gasteiger charge is 2.38. The van der Waals surface area contributed by atoms with Gasteiger partial charge in [-0.2, -0.15) is 0 Å². The maximum atomic E-state index is 13.3. The Morgan fingerprint density at radius 2 is 1.57 bits per heavy atom. The number of fused-ring (bicyclic) bond motifs is 3. The molecule has 1 heterocycles. The van der Waals surface area contributed by atoms with E-state index in [1.807, 2.05) is 24.3 Å². The quantitative estimate of drug-likeness (QED) is 0.624. The number of aliphatic carboxylic acids is 1. The number of carbonyl (C=O) groups excluding carboxylic acids is 2. The molecule has 7 nitrogen and oxygen atoms in total. The number of amides is 2. The van der Waals surface area contributed by atoms with Gasteiger partial charge in [-0.15, -0.1) is 0 Å². The zero-order valence-corrected chi connectivity index (χ0v) is 19.8. The van der Waals surface area contributed by atoms with Crippen LogP contribution in [0.3, 0.4) is 0 Å². The van der Waals surface area contributed by atoms with Crippen molar-refractivity contribution in [3.8, 4) is 11.1 Å². The van der Waals surface area contributed by atoms with Crippen LogP contribution in [0.4, 0.5) is 4.79 Å². The molecule has 1 aliphatic heterocycles. The Balaban J connectivity index is 1.24. The number of ether oxygens (including phenoxy) is 1. The average Bonchev–Trinajstić information content (AvgIpc) is 3.41. The number of nitrogens with zero attached hydrogens (tertiary/aromatic N) is 1. The highest BCUT2D eigenvalue weighted by atomic mass is 16.5. The van der Waals surface area contributed by atoms with Crippen LogP contribution in [0.1, 0.15) is 55.6 Å². The molecule has 2 N–H and O–H groups in total. The number of rotatable bonds is 5. The molecular formula is C28H32N2O5. The van der Waals surface area contributed by atoms with Gasteiger partial charge < -0.3 is 20.1 Å². The van der Waals surface area contributed by atoms with Crippen molar-refractivity contribution < 1.29 is 24.2 Å². The molecule has 35 heavy (non-hydrogen) atoms. The second kappa shape index (κ2) is 10.1. The molecule has 5 rings (SSSR count). The maximum absolute atomic E-state index is 13.3. The summed E-state index contributed by atoms with van der Waals surface area (Å²) in [5.41, 5.74) is 4.67. The van der Waals surface area contributed by atoms with Gasteiger partial charge in [0.2, 0.25) is 5.91 Å². The molecule has 2 amide bonds. The van der Waals surface area contributed by atoms with Crippen molar-refractivity contribution in [2.24, 2.45) is 11.8 Å². The smallest absolute Gasteiger partial charge is 0.407 e. The van der Waals surface area contributed by atoms with Gasteiger partial charge in [0.15, 0.2) is 0 Å². The van der Waals surface area contributed by atoms with Crippen LogP contribution in [0.15, 0.2) is 48.5 Å². The highest BCUT2D eigenvalue weighted by Crippen LogP contribution is 2.44. The lowest BCUT2D eigenvalue weighted by molar-refractivity contribution is -0.141. The molecule has 0 bridgehead atoms. The van der Waals surface area contributed by atoms with Crippen LogP contribution in [-0.2, 0) is 14.3 Å². The third-order valence-corrected chi connectivity index (χ3v) is 7.83. The largest absolute Gasteiger partial charge is 0.481 e. The van der Waals surface area contributed by atoms with Crippen molar-refractivity contribution in [1.82, 2.24) is 10.2 Å². The van der Waals surface area contributed by atoms with E-state index in [1.54, 1.807) is 4.90 Å². The first-order chi connectivity index (χ1) is 17.0. The molecule has 3 atom stereocenters. The van der Waals surface area contributed by atoms with E-state index in [9.17, 15) is 19.5 Å². The van der Waals surface area contributed by atoms with Crippen LogP contribution in [0, 0.1) is 11.8 Å². The molecule has 1 unspecified atom stereocenters. The van der Waals surface area contributed by atoms with Crippen molar-refractivity contribution >= 4 is 18.0 Å². The molecule has 3 aliphatic rings. The van der Waals surface area contributed by atoms with E-state index in [4.69, 9.17) is 4.74 Å². The average molecular weight is 477 g/mol. The van der Waals surface area contributed by atoms with Gasteiger partial charge in [-0.3, -0.25) is 9.59 Å². The molecule has 2 aliphatic carbocycles. The van der Waals surface area contributed by atoms with Crippen molar-refractivity contribution in [2.75, 3.05) is 19.7 Å². The first-order valence-electron chi connectivity index (χ1n) is 12.7. The summed E-state index contributed by atoms with van der Waals surface area (Å²) in [6.07, 6.45) is 4.29. The fraction of sp³-hybridized carbons (Fsp3) is 0.464. The zero-order valence-electron chi connectivity index (χ0n) is 19.8. The van der Waals surface area contributed by atoms with Crippen molar-refractivity contribution in [1.29, 1.82) is 0 Å². The number of hydrogen-bond acceptors (Lipinski definition) is 4. The SMILES string of the molecule is O=C(N[C@H]1CCCCC[C@H]1C(=O)N1CCC(C(=O)O)C1)OCC1c2ccccc2-c2ccccc21. The van der Waals surface area contributed by atoms with E-state index < -0.39 is 18.0 Å². The van der Waals surface area contributed by atoms with Gasteiger partial charge in [0.05, 0.1) is 11.8 Å². The monoisotopic (exact) mass is 476 g/mol. The molecule has 2 fully saturated rings. The fourth-order valence-corrected chi connectivity index (χ4v) is 5.96. The Bertz CT molecular complexity index is 1070. The molecule has 7 heteroatoms. The van der Waals surface area contributed by atoms with Gasteiger partial charge in [0.1, 0.15) is 6.61 Å². The number of carboxylic acid groups (broad SMARTS) is 1. The van der Waals surface area contributed by atoms with Crippen molar-refractivity contribution in [3.63, 3.8) is 0 Å². The normalized spacial score (nSPS) is 23.8. The highest BCUT2D eigenvalue weighted by molar-refractivity contribution is 5.82. The summed E-state index contributed by atoms with van der Waals surface area (Å²) < 4.78 is 5.73. The summed E-state index contributed by atoms with van der Waals surface area (Å²) in [5.74, 6) is -1.75. The number of carboxylic acids is 1. The Morgan fingerprint density at radius 3 is 2.23 bits per heavy atom. The molecule has 0 aromatic heterocycles. The van der Waals surface area contributed by atoms with E-state index in [2.05, 4.69) is 29.6 Å². The first kappa shape index (κ1) is 23.4. The molecule has 0 spiro atoms. The summed E-state index contributed by atoms with van der Waals surface area (Å²) in [6, 6.07) is 16.1. The standard InChI is InChI=1S/C28H32N2O5/c31-26(30-15-14-18(16-30)27(32)33)23-12-2-1-3-13-25(23)29-28(34)35-17-24-21-10-6-4-8-19(21)20-9-5-7-11-22(20)24/h4-11,18,23-25H,1-3,12-17H2,(H,29,34)(H,32,33)/t18?,23-,25+/m1/s1. The van der Waals surface area contributed by atoms with Crippen LogP contribution in [0.5, 0.6) is 0 Å². The summed E-state index contributed by atoms with van der Waals surface area (Å²) in [5, 5.41) is 12.3. The minimum Gasteiger partial charge on any atom is -0.481 e. The zero-order chi connectivity index (χ0) is 24.4. The van der Waals surface area contributed by atoms with Crippen LogP contribution < -0.4 is 5.32 Å². The van der Waals surface area contributed by atoms with Crippen molar-refractivity contribution in [3.05, 3.63) is 59.7 Å². The van der Waals surface area contributed by atoms with Gasteiger partial charge in [0.25, 0.3) is 0 Å². The van der Waals surface area contributed by atoms with E-state index in [-0.39, 0.29) is 36.9 Å². The van der Waals surface area contributed by atoms with E-state index >= 15 is 0 Å². The first-order valence-corrected chi connectivity index (χ1v) is 12.7. The van der Waals surface area contributed by atoms with Gasteiger partial charge in [-0.1, -0.05) is 67.8 Å². The molecule has 1 saturated heterocycles. The number of nitrogens with one attached hydrogen (secondary N) is 1.